The third-order valence-corrected chi connectivity index (χ3v) is 6.99. The molecule has 0 bridgehead atoms. The van der Waals surface area contributed by atoms with Crippen molar-refractivity contribution in [3.8, 4) is 11.1 Å². The molecule has 1 fully saturated rings. The Balaban J connectivity index is 1.31. The number of anilines is 1. The SMILES string of the molecule is O=C(NCCc1cccnc1)[C@@H]1CCCN(c2nc3c(-c4ccccc4)csc3c(=O)[nH]2)C1. The van der Waals surface area contributed by atoms with E-state index in [0.29, 0.717) is 29.3 Å². The summed E-state index contributed by atoms with van der Waals surface area (Å²) in [4.78, 5) is 39.5. The van der Waals surface area contributed by atoms with Crippen molar-refractivity contribution in [1.82, 2.24) is 20.3 Å². The van der Waals surface area contributed by atoms with Gasteiger partial charge in [0.15, 0.2) is 0 Å². The summed E-state index contributed by atoms with van der Waals surface area (Å²) in [5, 5.41) is 5.04. The number of aromatic nitrogens is 3. The number of pyridine rings is 1. The number of thiophene rings is 1. The second kappa shape index (κ2) is 9.54. The molecule has 3 aromatic heterocycles. The van der Waals surface area contributed by atoms with Crippen LogP contribution in [0, 0.1) is 5.92 Å². The van der Waals surface area contributed by atoms with Crippen LogP contribution in [0.3, 0.4) is 0 Å². The van der Waals surface area contributed by atoms with Gasteiger partial charge in [-0.25, -0.2) is 4.98 Å². The van der Waals surface area contributed by atoms with Crippen LogP contribution in [0.5, 0.6) is 0 Å². The highest BCUT2D eigenvalue weighted by molar-refractivity contribution is 7.17. The first-order chi connectivity index (χ1) is 16.2. The maximum Gasteiger partial charge on any atom is 0.270 e. The molecule has 1 amide bonds. The van der Waals surface area contributed by atoms with Crippen molar-refractivity contribution >= 4 is 33.4 Å². The zero-order valence-corrected chi connectivity index (χ0v) is 19.0. The molecule has 0 aliphatic carbocycles. The first-order valence-corrected chi connectivity index (χ1v) is 12.1. The molecule has 7 nitrogen and oxygen atoms in total. The molecule has 0 radical (unpaired) electrons. The number of rotatable bonds is 6. The van der Waals surface area contributed by atoms with Crippen LogP contribution in [0.2, 0.25) is 0 Å². The van der Waals surface area contributed by atoms with Gasteiger partial charge in [-0.3, -0.25) is 19.6 Å². The highest BCUT2D eigenvalue weighted by Crippen LogP contribution is 2.32. The Labute approximate surface area is 195 Å². The van der Waals surface area contributed by atoms with Gasteiger partial charge < -0.3 is 10.2 Å². The second-order valence-electron chi connectivity index (χ2n) is 8.27. The number of fused-ring (bicyclic) bond motifs is 1. The molecule has 33 heavy (non-hydrogen) atoms. The van der Waals surface area contributed by atoms with Crippen LogP contribution in [0.15, 0.2) is 65.0 Å². The van der Waals surface area contributed by atoms with Gasteiger partial charge in [-0.1, -0.05) is 36.4 Å². The fourth-order valence-corrected chi connectivity index (χ4v) is 5.20. The van der Waals surface area contributed by atoms with E-state index in [4.69, 9.17) is 4.98 Å². The van der Waals surface area contributed by atoms with E-state index in [9.17, 15) is 9.59 Å². The molecule has 0 spiro atoms. The highest BCUT2D eigenvalue weighted by atomic mass is 32.1. The molecule has 1 aliphatic heterocycles. The van der Waals surface area contributed by atoms with E-state index in [-0.39, 0.29) is 17.4 Å². The van der Waals surface area contributed by atoms with Crippen molar-refractivity contribution in [2.45, 2.75) is 19.3 Å². The lowest BCUT2D eigenvalue weighted by Crippen LogP contribution is -2.44. The van der Waals surface area contributed by atoms with Crippen LogP contribution in [0.25, 0.3) is 21.3 Å². The molecule has 1 aromatic carbocycles. The van der Waals surface area contributed by atoms with Crippen molar-refractivity contribution in [2.24, 2.45) is 5.92 Å². The van der Waals surface area contributed by atoms with E-state index in [1.807, 2.05) is 58.9 Å². The Morgan fingerprint density at radius 2 is 2.09 bits per heavy atom. The molecule has 0 saturated carbocycles. The van der Waals surface area contributed by atoms with Crippen molar-refractivity contribution in [3.05, 3.63) is 76.2 Å². The summed E-state index contributed by atoms with van der Waals surface area (Å²) in [6, 6.07) is 13.9. The number of piperidine rings is 1. The minimum absolute atomic E-state index is 0.0486. The summed E-state index contributed by atoms with van der Waals surface area (Å²) in [5.74, 6) is 0.452. The van der Waals surface area contributed by atoms with Crippen LogP contribution in [-0.2, 0) is 11.2 Å². The van der Waals surface area contributed by atoms with E-state index in [1.165, 1.54) is 11.3 Å². The van der Waals surface area contributed by atoms with Gasteiger partial charge in [-0.2, -0.15) is 0 Å². The average Bonchev–Trinajstić information content (AvgIpc) is 3.30. The van der Waals surface area contributed by atoms with Gasteiger partial charge in [-0.05, 0) is 36.5 Å². The number of carbonyl (C=O) groups is 1. The van der Waals surface area contributed by atoms with Crippen LogP contribution in [0.1, 0.15) is 18.4 Å². The molecule has 0 unspecified atom stereocenters. The summed E-state index contributed by atoms with van der Waals surface area (Å²) >= 11 is 1.41. The highest BCUT2D eigenvalue weighted by Gasteiger charge is 2.27. The van der Waals surface area contributed by atoms with Gasteiger partial charge in [0.05, 0.1) is 11.4 Å². The largest absolute Gasteiger partial charge is 0.355 e. The number of amides is 1. The monoisotopic (exact) mass is 459 g/mol. The van der Waals surface area contributed by atoms with Crippen molar-refractivity contribution in [1.29, 1.82) is 0 Å². The van der Waals surface area contributed by atoms with E-state index < -0.39 is 0 Å². The number of hydrogen-bond acceptors (Lipinski definition) is 6. The summed E-state index contributed by atoms with van der Waals surface area (Å²) < 4.78 is 0.624. The Hall–Kier alpha value is -3.52. The molecule has 1 aliphatic rings. The van der Waals surface area contributed by atoms with Gasteiger partial charge >= 0.3 is 0 Å². The first-order valence-electron chi connectivity index (χ1n) is 11.2. The summed E-state index contributed by atoms with van der Waals surface area (Å²) in [6.45, 7) is 1.88. The summed E-state index contributed by atoms with van der Waals surface area (Å²) in [5.41, 5.74) is 3.68. The molecule has 1 saturated heterocycles. The van der Waals surface area contributed by atoms with E-state index >= 15 is 0 Å². The number of hydrogen-bond donors (Lipinski definition) is 2. The number of nitrogens with zero attached hydrogens (tertiary/aromatic N) is 3. The van der Waals surface area contributed by atoms with Gasteiger partial charge in [-0.15, -0.1) is 11.3 Å². The zero-order chi connectivity index (χ0) is 22.6. The number of nitrogens with one attached hydrogen (secondary N) is 2. The zero-order valence-electron chi connectivity index (χ0n) is 18.2. The topological polar surface area (TPSA) is 91.0 Å². The normalized spacial score (nSPS) is 16.1. The third-order valence-electron chi connectivity index (χ3n) is 6.03. The molecule has 168 valence electrons. The van der Waals surface area contributed by atoms with Gasteiger partial charge in [0.25, 0.3) is 5.56 Å². The third kappa shape index (κ3) is 4.66. The number of aromatic amines is 1. The lowest BCUT2D eigenvalue weighted by atomic mass is 9.97. The lowest BCUT2D eigenvalue weighted by Gasteiger charge is -2.32. The Bertz CT molecular complexity index is 1300. The fraction of sp³-hybridized carbons (Fsp3) is 0.280. The standard InChI is InChI=1S/C25H25N5O2S/c31-23(27-12-10-17-6-4-11-26-14-17)19-9-5-13-30(15-19)25-28-21-20(18-7-2-1-3-8-18)16-33-22(21)24(32)29-25/h1-4,6-8,11,14,16,19H,5,9-10,12-13,15H2,(H,27,31)(H,28,29,32)/t19-/m1/s1. The fourth-order valence-electron chi connectivity index (χ4n) is 4.29. The van der Waals surface area contributed by atoms with Crippen LogP contribution < -0.4 is 15.8 Å². The average molecular weight is 460 g/mol. The predicted octanol–water partition coefficient (Wildman–Crippen LogP) is 3.62. The Morgan fingerprint density at radius 3 is 2.91 bits per heavy atom. The minimum atomic E-state index is -0.135. The predicted molar refractivity (Wildman–Crippen MR) is 132 cm³/mol. The minimum Gasteiger partial charge on any atom is -0.355 e. The molecular formula is C25H25N5O2S. The van der Waals surface area contributed by atoms with Gasteiger partial charge in [0, 0.05) is 43.0 Å². The maximum atomic E-state index is 12.8. The molecule has 4 aromatic rings. The quantitative estimate of drug-likeness (QED) is 0.460. The van der Waals surface area contributed by atoms with Gasteiger partial charge in [0.1, 0.15) is 4.70 Å². The van der Waals surface area contributed by atoms with Crippen LogP contribution in [0.4, 0.5) is 5.95 Å². The number of carbonyl (C=O) groups excluding carboxylic acids is 1. The second-order valence-corrected chi connectivity index (χ2v) is 9.15. The molecule has 4 heterocycles. The van der Waals surface area contributed by atoms with Crippen molar-refractivity contribution in [2.75, 3.05) is 24.5 Å². The summed E-state index contributed by atoms with van der Waals surface area (Å²) in [6.07, 6.45) is 6.02. The van der Waals surface area contributed by atoms with Gasteiger partial charge in [0.2, 0.25) is 11.9 Å². The number of H-pyrrole nitrogens is 1. The van der Waals surface area contributed by atoms with Crippen molar-refractivity contribution < 1.29 is 4.79 Å². The van der Waals surface area contributed by atoms with Crippen LogP contribution in [-0.4, -0.2) is 40.5 Å². The maximum absolute atomic E-state index is 12.8. The number of benzene rings is 1. The van der Waals surface area contributed by atoms with E-state index in [0.717, 1.165) is 42.5 Å². The Morgan fingerprint density at radius 1 is 1.21 bits per heavy atom. The summed E-state index contributed by atoms with van der Waals surface area (Å²) in [7, 11) is 0. The molecular weight excluding hydrogens is 434 g/mol. The van der Waals surface area contributed by atoms with E-state index in [2.05, 4.69) is 15.3 Å². The smallest absolute Gasteiger partial charge is 0.270 e. The molecule has 8 heteroatoms. The first kappa shape index (κ1) is 21.3. The molecule has 5 rings (SSSR count). The molecule has 2 N–H and O–H groups in total. The lowest BCUT2D eigenvalue weighted by molar-refractivity contribution is -0.125. The van der Waals surface area contributed by atoms with Crippen LogP contribution >= 0.6 is 11.3 Å². The van der Waals surface area contributed by atoms with Crippen molar-refractivity contribution in [3.63, 3.8) is 0 Å². The van der Waals surface area contributed by atoms with E-state index in [1.54, 1.807) is 6.20 Å². The Kier molecular flexibility index (Phi) is 6.17. The molecule has 1 atom stereocenters.